The van der Waals surface area contributed by atoms with Gasteiger partial charge in [0.15, 0.2) is 0 Å². The van der Waals surface area contributed by atoms with E-state index in [2.05, 4.69) is 0 Å². The number of carbonyl (C=O) groups is 1. The highest BCUT2D eigenvalue weighted by atomic mass is 35.5. The molecule has 1 aromatic heterocycles. The molecule has 1 aromatic carbocycles. The van der Waals surface area contributed by atoms with Crippen LogP contribution in [0.4, 0.5) is 0 Å². The Bertz CT molecular complexity index is 660. The van der Waals surface area contributed by atoms with Crippen LogP contribution in [0.3, 0.4) is 0 Å². The topological polar surface area (TPSA) is 29.5 Å². The summed E-state index contributed by atoms with van der Waals surface area (Å²) in [7, 11) is 0. The van der Waals surface area contributed by atoms with Gasteiger partial charge in [0.2, 0.25) is 5.91 Å². The van der Waals surface area contributed by atoms with E-state index in [4.69, 9.17) is 27.9 Å². The summed E-state index contributed by atoms with van der Waals surface area (Å²) >= 11 is 13.7. The van der Waals surface area contributed by atoms with Gasteiger partial charge in [0.1, 0.15) is 0 Å². The summed E-state index contributed by atoms with van der Waals surface area (Å²) in [5.41, 5.74) is 0.979. The fraction of sp³-hybridized carbons (Fsp3) is 0.312. The summed E-state index contributed by atoms with van der Waals surface area (Å²) in [6.45, 7) is 2.62. The number of halogens is 2. The Labute approximate surface area is 143 Å². The molecule has 3 rings (SSSR count). The minimum Gasteiger partial charge on any atom is -0.378 e. The van der Waals surface area contributed by atoms with E-state index >= 15 is 0 Å². The molecule has 0 saturated carbocycles. The number of morpholine rings is 1. The normalized spacial score (nSPS) is 15.1. The molecular formula is C16H15Cl2NO2S. The van der Waals surface area contributed by atoms with Crippen molar-refractivity contribution in [1.82, 2.24) is 4.90 Å². The second-order valence-corrected chi connectivity index (χ2v) is 7.14. The fourth-order valence-corrected chi connectivity index (χ4v) is 3.91. The van der Waals surface area contributed by atoms with E-state index in [-0.39, 0.29) is 5.91 Å². The molecular weight excluding hydrogens is 341 g/mol. The highest BCUT2D eigenvalue weighted by molar-refractivity contribution is 7.15. The van der Waals surface area contributed by atoms with E-state index in [9.17, 15) is 4.79 Å². The maximum Gasteiger partial charge on any atom is 0.227 e. The maximum absolute atomic E-state index is 12.3. The molecule has 0 unspecified atom stereocenters. The van der Waals surface area contributed by atoms with E-state index in [1.165, 1.54) is 0 Å². The molecule has 0 N–H and O–H groups in total. The first-order valence-electron chi connectivity index (χ1n) is 7.02. The number of carbonyl (C=O) groups excluding carboxylic acids is 1. The van der Waals surface area contributed by atoms with Crippen LogP contribution >= 0.6 is 34.5 Å². The van der Waals surface area contributed by atoms with Gasteiger partial charge < -0.3 is 9.64 Å². The van der Waals surface area contributed by atoms with Gasteiger partial charge in [-0.1, -0.05) is 23.2 Å². The van der Waals surface area contributed by atoms with Crippen molar-refractivity contribution >= 4 is 40.4 Å². The summed E-state index contributed by atoms with van der Waals surface area (Å²) in [5.74, 6) is 0.154. The summed E-state index contributed by atoms with van der Waals surface area (Å²) in [4.78, 5) is 16.2. The highest BCUT2D eigenvalue weighted by Crippen LogP contribution is 2.32. The minimum absolute atomic E-state index is 0.154. The smallest absolute Gasteiger partial charge is 0.227 e. The van der Waals surface area contributed by atoms with Gasteiger partial charge in [0.05, 0.1) is 19.6 Å². The van der Waals surface area contributed by atoms with Crippen LogP contribution < -0.4 is 0 Å². The molecule has 22 heavy (non-hydrogen) atoms. The number of nitrogens with zero attached hydrogens (tertiary/aromatic N) is 1. The first kappa shape index (κ1) is 15.8. The Hall–Kier alpha value is -1.07. The fourth-order valence-electron chi connectivity index (χ4n) is 2.40. The molecule has 1 aliphatic heterocycles. The second-order valence-electron chi connectivity index (χ2n) is 5.09. The third-order valence-corrected chi connectivity index (χ3v) is 5.07. The number of hydrogen-bond acceptors (Lipinski definition) is 3. The predicted octanol–water partition coefficient (Wildman–Crippen LogP) is 4.12. The zero-order chi connectivity index (χ0) is 15.5. The average molecular weight is 356 g/mol. The van der Waals surface area contributed by atoms with Crippen molar-refractivity contribution in [2.45, 2.75) is 6.42 Å². The quantitative estimate of drug-likeness (QED) is 0.828. The second kappa shape index (κ2) is 7.01. The van der Waals surface area contributed by atoms with Gasteiger partial charge in [-0.05, 0) is 35.9 Å². The van der Waals surface area contributed by atoms with Gasteiger partial charge in [0, 0.05) is 32.9 Å². The van der Waals surface area contributed by atoms with Crippen LogP contribution in [0.15, 0.2) is 30.3 Å². The van der Waals surface area contributed by atoms with Crippen molar-refractivity contribution < 1.29 is 9.53 Å². The van der Waals surface area contributed by atoms with Crippen LogP contribution in [0, 0.1) is 0 Å². The van der Waals surface area contributed by atoms with E-state index in [0.717, 1.165) is 15.3 Å². The molecule has 6 heteroatoms. The minimum atomic E-state index is 0.154. The van der Waals surface area contributed by atoms with E-state index in [1.54, 1.807) is 17.4 Å². The standard InChI is InChI=1S/C16H15Cl2NO2S/c17-12-7-11(8-13(18)9-12)15-2-1-14(22-15)10-16(20)19-3-5-21-6-4-19/h1-2,7-9H,3-6,10H2. The van der Waals surface area contributed by atoms with Crippen LogP contribution in [-0.2, 0) is 16.0 Å². The molecule has 2 aromatic rings. The monoisotopic (exact) mass is 355 g/mol. The lowest BCUT2D eigenvalue weighted by molar-refractivity contribution is -0.134. The number of amides is 1. The third-order valence-electron chi connectivity index (χ3n) is 3.50. The average Bonchev–Trinajstić information content (AvgIpc) is 2.96. The molecule has 0 atom stereocenters. The summed E-state index contributed by atoms with van der Waals surface area (Å²) in [5, 5.41) is 1.23. The third kappa shape index (κ3) is 3.82. The van der Waals surface area contributed by atoms with Gasteiger partial charge in [-0.15, -0.1) is 11.3 Å². The molecule has 2 heterocycles. The highest BCUT2D eigenvalue weighted by Gasteiger charge is 2.18. The molecule has 1 aliphatic rings. The van der Waals surface area contributed by atoms with Gasteiger partial charge in [0.25, 0.3) is 0 Å². The predicted molar refractivity (Wildman–Crippen MR) is 90.9 cm³/mol. The Morgan fingerprint density at radius 3 is 2.50 bits per heavy atom. The number of ether oxygens (including phenoxy) is 1. The molecule has 0 radical (unpaired) electrons. The van der Waals surface area contributed by atoms with Crippen molar-refractivity contribution in [3.05, 3.63) is 45.3 Å². The van der Waals surface area contributed by atoms with Gasteiger partial charge >= 0.3 is 0 Å². The van der Waals surface area contributed by atoms with Crippen LogP contribution in [0.5, 0.6) is 0 Å². The molecule has 116 valence electrons. The molecule has 1 saturated heterocycles. The number of rotatable bonds is 3. The van der Waals surface area contributed by atoms with Gasteiger partial charge in [-0.2, -0.15) is 0 Å². The number of benzene rings is 1. The van der Waals surface area contributed by atoms with Crippen LogP contribution in [0.2, 0.25) is 10.0 Å². The van der Waals surface area contributed by atoms with Crippen molar-refractivity contribution in [3.63, 3.8) is 0 Å². The van der Waals surface area contributed by atoms with Crippen molar-refractivity contribution in [2.24, 2.45) is 0 Å². The van der Waals surface area contributed by atoms with Gasteiger partial charge in [-0.25, -0.2) is 0 Å². The van der Waals surface area contributed by atoms with Gasteiger partial charge in [-0.3, -0.25) is 4.79 Å². The zero-order valence-corrected chi connectivity index (χ0v) is 14.2. The largest absolute Gasteiger partial charge is 0.378 e. The molecule has 1 amide bonds. The Balaban J connectivity index is 1.72. The van der Waals surface area contributed by atoms with E-state index in [0.29, 0.717) is 42.8 Å². The Morgan fingerprint density at radius 2 is 1.82 bits per heavy atom. The first-order valence-corrected chi connectivity index (χ1v) is 8.60. The summed E-state index contributed by atoms with van der Waals surface area (Å²) in [6.07, 6.45) is 0.430. The lowest BCUT2D eigenvalue weighted by atomic mass is 10.2. The lowest BCUT2D eigenvalue weighted by Gasteiger charge is -2.26. The molecule has 0 spiro atoms. The lowest BCUT2D eigenvalue weighted by Crippen LogP contribution is -2.41. The Kier molecular flexibility index (Phi) is 5.03. The SMILES string of the molecule is O=C(Cc1ccc(-c2cc(Cl)cc(Cl)c2)s1)N1CCOCC1. The van der Waals surface area contributed by atoms with Crippen LogP contribution in [0.25, 0.3) is 10.4 Å². The molecule has 0 aliphatic carbocycles. The van der Waals surface area contributed by atoms with Crippen molar-refractivity contribution in [3.8, 4) is 10.4 Å². The van der Waals surface area contributed by atoms with Crippen molar-refractivity contribution in [2.75, 3.05) is 26.3 Å². The Morgan fingerprint density at radius 1 is 1.14 bits per heavy atom. The summed E-state index contributed by atoms with van der Waals surface area (Å²) in [6, 6.07) is 9.48. The number of thiophene rings is 1. The maximum atomic E-state index is 12.3. The zero-order valence-electron chi connectivity index (χ0n) is 11.9. The first-order chi connectivity index (χ1) is 10.6. The number of hydrogen-bond donors (Lipinski definition) is 0. The van der Waals surface area contributed by atoms with E-state index in [1.807, 2.05) is 29.2 Å². The van der Waals surface area contributed by atoms with Crippen LogP contribution in [-0.4, -0.2) is 37.1 Å². The summed E-state index contributed by atoms with van der Waals surface area (Å²) < 4.78 is 5.27. The van der Waals surface area contributed by atoms with Crippen molar-refractivity contribution in [1.29, 1.82) is 0 Å². The molecule has 0 bridgehead atoms. The molecule has 1 fully saturated rings. The van der Waals surface area contributed by atoms with E-state index < -0.39 is 0 Å². The van der Waals surface area contributed by atoms with Crippen LogP contribution in [0.1, 0.15) is 4.88 Å². The molecule has 3 nitrogen and oxygen atoms in total.